The number of ether oxygens (including phenoxy) is 2. The SMILES string of the molecule is COc1cc(/C=C/C2=CC(C)(C)N(O)C(C)(C)C2)cc(OC)c1.Cl. The van der Waals surface area contributed by atoms with E-state index in [9.17, 15) is 5.21 Å². The van der Waals surface area contributed by atoms with E-state index in [0.29, 0.717) is 0 Å². The summed E-state index contributed by atoms with van der Waals surface area (Å²) in [6.07, 6.45) is 7.04. The molecule has 0 spiro atoms. The number of hydrogen-bond acceptors (Lipinski definition) is 4. The van der Waals surface area contributed by atoms with E-state index in [2.05, 4.69) is 18.2 Å². The topological polar surface area (TPSA) is 41.9 Å². The Kier molecular flexibility index (Phi) is 6.51. The summed E-state index contributed by atoms with van der Waals surface area (Å²) in [5.41, 5.74) is 1.52. The Bertz CT molecular complexity index is 613. The van der Waals surface area contributed by atoms with Crippen molar-refractivity contribution in [3.05, 3.63) is 41.5 Å². The van der Waals surface area contributed by atoms with Crippen LogP contribution in [0.3, 0.4) is 0 Å². The fourth-order valence-electron chi connectivity index (χ4n) is 3.16. The van der Waals surface area contributed by atoms with Crippen molar-refractivity contribution in [2.75, 3.05) is 14.2 Å². The third-order valence-electron chi connectivity index (χ3n) is 4.16. The number of hydroxylamine groups is 2. The first-order valence-electron chi connectivity index (χ1n) is 7.80. The summed E-state index contributed by atoms with van der Waals surface area (Å²) in [7, 11) is 3.29. The van der Waals surface area contributed by atoms with Gasteiger partial charge in [0.25, 0.3) is 0 Å². The lowest BCUT2D eigenvalue weighted by Crippen LogP contribution is -2.55. The summed E-state index contributed by atoms with van der Waals surface area (Å²) < 4.78 is 10.6. The molecule has 4 nitrogen and oxygen atoms in total. The van der Waals surface area contributed by atoms with E-state index in [4.69, 9.17) is 9.47 Å². The summed E-state index contributed by atoms with van der Waals surface area (Å²) >= 11 is 0. The second-order valence-electron chi connectivity index (χ2n) is 7.15. The quantitative estimate of drug-likeness (QED) is 0.850. The van der Waals surface area contributed by atoms with Gasteiger partial charge in [0.05, 0.1) is 19.8 Å². The van der Waals surface area contributed by atoms with Crippen LogP contribution in [0.25, 0.3) is 6.08 Å². The molecule has 1 aromatic carbocycles. The molecule has 1 aromatic rings. The highest BCUT2D eigenvalue weighted by Gasteiger charge is 2.39. The summed E-state index contributed by atoms with van der Waals surface area (Å²) in [6.45, 7) is 8.11. The lowest BCUT2D eigenvalue weighted by molar-refractivity contribution is -0.213. The number of rotatable bonds is 4. The molecule has 0 radical (unpaired) electrons. The molecule has 134 valence electrons. The molecule has 5 heteroatoms. The average molecular weight is 354 g/mol. The Morgan fingerprint density at radius 1 is 1.00 bits per heavy atom. The minimum Gasteiger partial charge on any atom is -0.497 e. The monoisotopic (exact) mass is 353 g/mol. The van der Waals surface area contributed by atoms with E-state index in [1.54, 1.807) is 14.2 Å². The molecule has 1 heterocycles. The molecule has 0 aliphatic carbocycles. The van der Waals surface area contributed by atoms with Crippen LogP contribution in [0.2, 0.25) is 0 Å². The maximum absolute atomic E-state index is 10.3. The van der Waals surface area contributed by atoms with E-state index in [1.807, 2.05) is 45.9 Å². The third kappa shape index (κ3) is 4.53. The number of hydrogen-bond donors (Lipinski definition) is 1. The summed E-state index contributed by atoms with van der Waals surface area (Å²) in [4.78, 5) is 0. The lowest BCUT2D eigenvalue weighted by atomic mass is 9.82. The fourth-order valence-corrected chi connectivity index (χ4v) is 3.16. The van der Waals surface area contributed by atoms with Crippen molar-refractivity contribution in [2.45, 2.75) is 45.2 Å². The highest BCUT2D eigenvalue weighted by Crippen LogP contribution is 2.36. The Morgan fingerprint density at radius 3 is 2.00 bits per heavy atom. The first-order valence-corrected chi connectivity index (χ1v) is 7.80. The minimum absolute atomic E-state index is 0. The van der Waals surface area contributed by atoms with Crippen molar-refractivity contribution in [2.24, 2.45) is 0 Å². The van der Waals surface area contributed by atoms with Crippen molar-refractivity contribution in [1.82, 2.24) is 5.06 Å². The van der Waals surface area contributed by atoms with Gasteiger partial charge in [0, 0.05) is 11.6 Å². The number of allylic oxidation sites excluding steroid dienone is 1. The van der Waals surface area contributed by atoms with Gasteiger partial charge in [0.2, 0.25) is 0 Å². The molecule has 2 rings (SSSR count). The molecule has 24 heavy (non-hydrogen) atoms. The molecular weight excluding hydrogens is 326 g/mol. The lowest BCUT2D eigenvalue weighted by Gasteiger charge is -2.46. The number of halogens is 1. The van der Waals surface area contributed by atoms with Crippen LogP contribution < -0.4 is 9.47 Å². The Hall–Kier alpha value is -1.49. The molecular formula is C19H28ClNO3. The standard InChI is InChI=1S/C19H27NO3.ClH/c1-18(2)12-15(13-19(3,4)20(18)21)8-7-14-9-16(22-5)11-17(10-14)23-6;/h7-12,21H,13H2,1-6H3;1H/b8-7+;. The van der Waals surface area contributed by atoms with Crippen molar-refractivity contribution in [1.29, 1.82) is 0 Å². The van der Waals surface area contributed by atoms with E-state index in [1.165, 1.54) is 10.6 Å². The van der Waals surface area contributed by atoms with E-state index in [0.717, 1.165) is 23.5 Å². The molecule has 0 aromatic heterocycles. The Balaban J connectivity index is 0.00000288. The van der Waals surface area contributed by atoms with Gasteiger partial charge in [0.15, 0.2) is 0 Å². The first kappa shape index (κ1) is 20.6. The zero-order valence-electron chi connectivity index (χ0n) is 15.3. The van der Waals surface area contributed by atoms with Crippen molar-refractivity contribution in [3.8, 4) is 11.5 Å². The number of methoxy groups -OCH3 is 2. The number of benzene rings is 1. The van der Waals surface area contributed by atoms with Crippen LogP contribution in [0.5, 0.6) is 11.5 Å². The molecule has 0 atom stereocenters. The van der Waals surface area contributed by atoms with Gasteiger partial charge in [-0.15, -0.1) is 12.4 Å². The van der Waals surface area contributed by atoms with Crippen molar-refractivity contribution < 1.29 is 14.7 Å². The zero-order valence-corrected chi connectivity index (χ0v) is 16.1. The molecule has 0 saturated heterocycles. The second-order valence-corrected chi connectivity index (χ2v) is 7.15. The molecule has 0 fully saturated rings. The van der Waals surface area contributed by atoms with Gasteiger partial charge >= 0.3 is 0 Å². The second kappa shape index (κ2) is 7.60. The molecule has 1 aliphatic rings. The zero-order chi connectivity index (χ0) is 17.3. The van der Waals surface area contributed by atoms with Crippen LogP contribution in [0.4, 0.5) is 0 Å². The van der Waals surface area contributed by atoms with Crippen LogP contribution in [-0.4, -0.2) is 35.6 Å². The summed E-state index contributed by atoms with van der Waals surface area (Å²) in [5, 5.41) is 11.8. The average Bonchev–Trinajstić information content (AvgIpc) is 2.49. The molecule has 0 bridgehead atoms. The predicted molar refractivity (Wildman–Crippen MR) is 100 cm³/mol. The van der Waals surface area contributed by atoms with Crippen LogP contribution in [-0.2, 0) is 0 Å². The summed E-state index contributed by atoms with van der Waals surface area (Å²) in [5.74, 6) is 1.53. The first-order chi connectivity index (χ1) is 10.7. The van der Waals surface area contributed by atoms with Crippen molar-refractivity contribution >= 4 is 18.5 Å². The predicted octanol–water partition coefficient (Wildman–Crippen LogP) is 4.72. The van der Waals surface area contributed by atoms with Crippen LogP contribution in [0.15, 0.2) is 35.9 Å². The molecule has 1 aliphatic heterocycles. The molecule has 0 amide bonds. The van der Waals surface area contributed by atoms with Crippen LogP contribution in [0, 0.1) is 0 Å². The highest BCUT2D eigenvalue weighted by molar-refractivity contribution is 5.85. The smallest absolute Gasteiger partial charge is 0.123 e. The van der Waals surface area contributed by atoms with Gasteiger partial charge in [0.1, 0.15) is 11.5 Å². The summed E-state index contributed by atoms with van der Waals surface area (Å²) in [6, 6.07) is 5.79. The van der Waals surface area contributed by atoms with Gasteiger partial charge in [-0.25, -0.2) is 0 Å². The molecule has 0 saturated carbocycles. The molecule has 1 N–H and O–H groups in total. The van der Waals surface area contributed by atoms with E-state index >= 15 is 0 Å². The van der Waals surface area contributed by atoms with Gasteiger partial charge in [-0.1, -0.05) is 18.2 Å². The molecule has 0 unspecified atom stereocenters. The van der Waals surface area contributed by atoms with Crippen LogP contribution in [0.1, 0.15) is 39.7 Å². The minimum atomic E-state index is -0.395. The maximum atomic E-state index is 10.3. The largest absolute Gasteiger partial charge is 0.497 e. The van der Waals surface area contributed by atoms with Gasteiger partial charge in [-0.05, 0) is 57.4 Å². The normalized spacial score (nSPS) is 19.5. The Labute approximate surface area is 151 Å². The van der Waals surface area contributed by atoms with E-state index in [-0.39, 0.29) is 17.9 Å². The Morgan fingerprint density at radius 2 is 1.54 bits per heavy atom. The number of nitrogens with zero attached hydrogens (tertiary/aromatic N) is 1. The van der Waals surface area contributed by atoms with Gasteiger partial charge < -0.3 is 14.7 Å². The van der Waals surface area contributed by atoms with Crippen molar-refractivity contribution in [3.63, 3.8) is 0 Å². The maximum Gasteiger partial charge on any atom is 0.123 e. The fraction of sp³-hybridized carbons (Fsp3) is 0.474. The van der Waals surface area contributed by atoms with Crippen LogP contribution >= 0.6 is 12.4 Å². The third-order valence-corrected chi connectivity index (χ3v) is 4.16. The van der Waals surface area contributed by atoms with Gasteiger partial charge in [-0.3, -0.25) is 0 Å². The highest BCUT2D eigenvalue weighted by atomic mass is 35.5. The van der Waals surface area contributed by atoms with Gasteiger partial charge in [-0.2, -0.15) is 5.06 Å². The van der Waals surface area contributed by atoms with E-state index < -0.39 is 5.54 Å².